The SMILES string of the molecule is COC(C)C(=O)NC(CN(C)C)c1ccccc1. The Hall–Kier alpha value is -1.39. The van der Waals surface area contributed by atoms with Gasteiger partial charge >= 0.3 is 0 Å². The molecular weight excluding hydrogens is 228 g/mol. The van der Waals surface area contributed by atoms with Crippen molar-refractivity contribution in [1.29, 1.82) is 0 Å². The maximum Gasteiger partial charge on any atom is 0.249 e. The Morgan fingerprint density at radius 1 is 1.33 bits per heavy atom. The summed E-state index contributed by atoms with van der Waals surface area (Å²) in [4.78, 5) is 13.9. The first kappa shape index (κ1) is 14.7. The number of ether oxygens (including phenoxy) is 1. The highest BCUT2D eigenvalue weighted by atomic mass is 16.5. The molecule has 4 heteroatoms. The lowest BCUT2D eigenvalue weighted by Gasteiger charge is -2.24. The largest absolute Gasteiger partial charge is 0.372 e. The molecule has 0 aromatic heterocycles. The summed E-state index contributed by atoms with van der Waals surface area (Å²) in [5.41, 5.74) is 1.10. The van der Waals surface area contributed by atoms with E-state index in [0.717, 1.165) is 12.1 Å². The molecule has 18 heavy (non-hydrogen) atoms. The van der Waals surface area contributed by atoms with Crippen LogP contribution in [0.25, 0.3) is 0 Å². The van der Waals surface area contributed by atoms with Gasteiger partial charge in [-0.05, 0) is 26.6 Å². The summed E-state index contributed by atoms with van der Waals surface area (Å²) in [6.45, 7) is 2.50. The summed E-state index contributed by atoms with van der Waals surface area (Å²) in [6.07, 6.45) is -0.432. The monoisotopic (exact) mass is 250 g/mol. The second-order valence-corrected chi connectivity index (χ2v) is 4.61. The van der Waals surface area contributed by atoms with E-state index < -0.39 is 6.10 Å². The van der Waals surface area contributed by atoms with E-state index in [9.17, 15) is 4.79 Å². The standard InChI is InChI=1S/C14H22N2O2/c1-11(18-4)14(17)15-13(10-16(2)3)12-8-6-5-7-9-12/h5-9,11,13H,10H2,1-4H3,(H,15,17). The Morgan fingerprint density at radius 3 is 2.44 bits per heavy atom. The number of methoxy groups -OCH3 is 1. The maximum atomic E-state index is 11.9. The Labute approximate surface area is 109 Å². The number of nitrogens with one attached hydrogen (secondary N) is 1. The quantitative estimate of drug-likeness (QED) is 0.830. The Morgan fingerprint density at radius 2 is 1.94 bits per heavy atom. The average Bonchev–Trinajstić information content (AvgIpc) is 2.37. The van der Waals surface area contributed by atoms with Crippen LogP contribution in [0.3, 0.4) is 0 Å². The van der Waals surface area contributed by atoms with E-state index in [1.165, 1.54) is 7.11 Å². The van der Waals surface area contributed by atoms with Crippen LogP contribution in [0.1, 0.15) is 18.5 Å². The fourth-order valence-electron chi connectivity index (χ4n) is 1.68. The number of amides is 1. The van der Waals surface area contributed by atoms with Crippen molar-refractivity contribution in [3.05, 3.63) is 35.9 Å². The highest BCUT2D eigenvalue weighted by Crippen LogP contribution is 2.13. The van der Waals surface area contributed by atoms with Gasteiger partial charge in [0.2, 0.25) is 5.91 Å². The van der Waals surface area contributed by atoms with Gasteiger partial charge in [-0.25, -0.2) is 0 Å². The summed E-state index contributed by atoms with van der Waals surface area (Å²) in [5.74, 6) is -0.0896. The highest BCUT2D eigenvalue weighted by molar-refractivity contribution is 5.80. The zero-order valence-corrected chi connectivity index (χ0v) is 11.5. The summed E-state index contributed by atoms with van der Waals surface area (Å²) >= 11 is 0. The van der Waals surface area contributed by atoms with Gasteiger partial charge in [-0.1, -0.05) is 30.3 Å². The third-order valence-corrected chi connectivity index (χ3v) is 2.79. The Balaban J connectivity index is 2.77. The van der Waals surface area contributed by atoms with Gasteiger partial charge in [0.25, 0.3) is 0 Å². The van der Waals surface area contributed by atoms with Gasteiger partial charge in [0.1, 0.15) is 6.10 Å². The third kappa shape index (κ3) is 4.47. The van der Waals surface area contributed by atoms with Crippen molar-refractivity contribution in [3.8, 4) is 0 Å². The van der Waals surface area contributed by atoms with Crippen molar-refractivity contribution in [1.82, 2.24) is 10.2 Å². The average molecular weight is 250 g/mol. The first-order chi connectivity index (χ1) is 8.54. The molecule has 0 heterocycles. The second kappa shape index (κ2) is 7.13. The molecule has 0 aliphatic heterocycles. The summed E-state index contributed by atoms with van der Waals surface area (Å²) in [7, 11) is 5.51. The lowest BCUT2D eigenvalue weighted by Crippen LogP contribution is -2.40. The molecule has 1 aromatic rings. The van der Waals surface area contributed by atoms with Crippen molar-refractivity contribution < 1.29 is 9.53 Å². The van der Waals surface area contributed by atoms with Gasteiger partial charge in [0, 0.05) is 13.7 Å². The van der Waals surface area contributed by atoms with Gasteiger partial charge in [-0.3, -0.25) is 4.79 Å². The van der Waals surface area contributed by atoms with Crippen molar-refractivity contribution in [2.24, 2.45) is 0 Å². The van der Waals surface area contributed by atoms with Gasteiger partial charge in [-0.2, -0.15) is 0 Å². The molecule has 1 aromatic carbocycles. The maximum absolute atomic E-state index is 11.9. The van der Waals surface area contributed by atoms with E-state index >= 15 is 0 Å². The van der Waals surface area contributed by atoms with Crippen LogP contribution >= 0.6 is 0 Å². The lowest BCUT2D eigenvalue weighted by molar-refractivity contribution is -0.130. The van der Waals surface area contributed by atoms with Crippen LogP contribution in [0.2, 0.25) is 0 Å². The van der Waals surface area contributed by atoms with E-state index in [1.807, 2.05) is 44.4 Å². The molecule has 0 bridgehead atoms. The van der Waals surface area contributed by atoms with E-state index in [1.54, 1.807) is 6.92 Å². The normalized spacial score (nSPS) is 14.3. The van der Waals surface area contributed by atoms with E-state index in [2.05, 4.69) is 10.2 Å². The molecule has 4 nitrogen and oxygen atoms in total. The number of likely N-dealkylation sites (N-methyl/N-ethyl adjacent to an activating group) is 1. The molecule has 0 saturated heterocycles. The molecular formula is C14H22N2O2. The summed E-state index contributed by atoms with van der Waals surface area (Å²) < 4.78 is 5.03. The highest BCUT2D eigenvalue weighted by Gasteiger charge is 2.18. The molecule has 0 saturated carbocycles. The van der Waals surface area contributed by atoms with Crippen molar-refractivity contribution in [2.75, 3.05) is 27.7 Å². The minimum absolute atomic E-state index is 0.0219. The van der Waals surface area contributed by atoms with Crippen LogP contribution in [-0.2, 0) is 9.53 Å². The van der Waals surface area contributed by atoms with E-state index in [-0.39, 0.29) is 11.9 Å². The molecule has 0 aliphatic rings. The van der Waals surface area contributed by atoms with E-state index in [0.29, 0.717) is 0 Å². The molecule has 2 atom stereocenters. The van der Waals surface area contributed by atoms with Crippen LogP contribution < -0.4 is 5.32 Å². The van der Waals surface area contributed by atoms with Gasteiger partial charge in [0.05, 0.1) is 6.04 Å². The summed E-state index contributed by atoms with van der Waals surface area (Å²) in [6, 6.07) is 9.94. The number of carbonyl (C=O) groups excluding carboxylic acids is 1. The van der Waals surface area contributed by atoms with Crippen LogP contribution in [0.4, 0.5) is 0 Å². The second-order valence-electron chi connectivity index (χ2n) is 4.61. The predicted molar refractivity (Wildman–Crippen MR) is 72.4 cm³/mol. The minimum Gasteiger partial charge on any atom is -0.372 e. The van der Waals surface area contributed by atoms with Crippen LogP contribution in [-0.4, -0.2) is 44.7 Å². The van der Waals surface area contributed by atoms with Crippen molar-refractivity contribution >= 4 is 5.91 Å². The lowest BCUT2D eigenvalue weighted by atomic mass is 10.1. The number of benzene rings is 1. The molecule has 0 fully saturated rings. The fraction of sp³-hybridized carbons (Fsp3) is 0.500. The number of nitrogens with zero attached hydrogens (tertiary/aromatic N) is 1. The first-order valence-corrected chi connectivity index (χ1v) is 6.07. The zero-order chi connectivity index (χ0) is 13.5. The van der Waals surface area contributed by atoms with E-state index in [4.69, 9.17) is 4.74 Å². The number of rotatable bonds is 6. The Kier molecular flexibility index (Phi) is 5.82. The first-order valence-electron chi connectivity index (χ1n) is 6.07. The van der Waals surface area contributed by atoms with Crippen LogP contribution in [0, 0.1) is 0 Å². The molecule has 100 valence electrons. The van der Waals surface area contributed by atoms with Crippen LogP contribution in [0.15, 0.2) is 30.3 Å². The van der Waals surface area contributed by atoms with Gasteiger partial charge in [-0.15, -0.1) is 0 Å². The predicted octanol–water partition coefficient (Wildman–Crippen LogP) is 1.44. The molecule has 1 amide bonds. The molecule has 2 unspecified atom stereocenters. The molecule has 1 N–H and O–H groups in total. The van der Waals surface area contributed by atoms with Gasteiger partial charge < -0.3 is 15.0 Å². The van der Waals surface area contributed by atoms with Gasteiger partial charge in [0.15, 0.2) is 0 Å². The van der Waals surface area contributed by atoms with Crippen molar-refractivity contribution in [3.63, 3.8) is 0 Å². The molecule has 0 radical (unpaired) electrons. The zero-order valence-electron chi connectivity index (χ0n) is 11.5. The molecule has 0 spiro atoms. The topological polar surface area (TPSA) is 41.6 Å². The number of hydrogen-bond donors (Lipinski definition) is 1. The fourth-order valence-corrected chi connectivity index (χ4v) is 1.68. The summed E-state index contributed by atoms with van der Waals surface area (Å²) in [5, 5.41) is 3.01. The molecule has 0 aliphatic carbocycles. The minimum atomic E-state index is -0.432. The smallest absolute Gasteiger partial charge is 0.249 e. The van der Waals surface area contributed by atoms with Crippen molar-refractivity contribution in [2.45, 2.75) is 19.1 Å². The van der Waals surface area contributed by atoms with Crippen LogP contribution in [0.5, 0.6) is 0 Å². The molecule has 1 rings (SSSR count). The number of carbonyl (C=O) groups is 1. The number of hydrogen-bond acceptors (Lipinski definition) is 3. The third-order valence-electron chi connectivity index (χ3n) is 2.79. The Bertz CT molecular complexity index is 365.